The molecule has 1 saturated heterocycles. The van der Waals surface area contributed by atoms with Crippen molar-refractivity contribution < 1.29 is 14.4 Å². The van der Waals surface area contributed by atoms with Gasteiger partial charge in [0.05, 0.1) is 36.1 Å². The topological polar surface area (TPSA) is 92.3 Å². The third-order valence-electron chi connectivity index (χ3n) is 3.26. The first kappa shape index (κ1) is 13.7. The number of nitrogens with zero attached hydrogens (tertiary/aromatic N) is 4. The van der Waals surface area contributed by atoms with Crippen LogP contribution >= 0.6 is 0 Å². The monoisotopic (exact) mass is 290 g/mol. The highest BCUT2D eigenvalue weighted by molar-refractivity contribution is 5.22. The van der Waals surface area contributed by atoms with Crippen molar-refractivity contribution in [3.05, 3.63) is 52.1 Å². The van der Waals surface area contributed by atoms with E-state index in [4.69, 9.17) is 9.47 Å². The van der Waals surface area contributed by atoms with Crippen LogP contribution in [0.1, 0.15) is 18.3 Å². The summed E-state index contributed by atoms with van der Waals surface area (Å²) in [6.45, 7) is 3.24. The minimum Gasteiger partial charge on any atom is -0.342 e. The first-order valence-electron chi connectivity index (χ1n) is 6.48. The lowest BCUT2D eigenvalue weighted by Gasteiger charge is -2.21. The lowest BCUT2D eigenvalue weighted by atomic mass is 10.2. The number of rotatable bonds is 4. The second-order valence-electron chi connectivity index (χ2n) is 4.81. The molecule has 8 heteroatoms. The van der Waals surface area contributed by atoms with Gasteiger partial charge in [-0.3, -0.25) is 19.8 Å². The molecule has 0 N–H and O–H groups in total. The number of hydrogen-bond acceptors (Lipinski definition) is 6. The van der Waals surface area contributed by atoms with Crippen molar-refractivity contribution in [2.45, 2.75) is 19.3 Å². The maximum Gasteiger partial charge on any atom is 0.307 e. The van der Waals surface area contributed by atoms with E-state index in [-0.39, 0.29) is 5.69 Å². The van der Waals surface area contributed by atoms with Gasteiger partial charge in [0.15, 0.2) is 0 Å². The molecule has 0 saturated carbocycles. The average molecular weight is 290 g/mol. The van der Waals surface area contributed by atoms with Crippen LogP contribution in [0.25, 0.3) is 0 Å². The van der Waals surface area contributed by atoms with E-state index in [1.807, 2.05) is 25.1 Å². The fourth-order valence-electron chi connectivity index (χ4n) is 2.18. The Hall–Kier alpha value is -2.32. The predicted octanol–water partition coefficient (Wildman–Crippen LogP) is 1.45. The quantitative estimate of drug-likeness (QED) is 0.625. The van der Waals surface area contributed by atoms with E-state index in [9.17, 15) is 10.1 Å². The summed E-state index contributed by atoms with van der Waals surface area (Å²) in [5.74, 6) is -0.827. The number of pyridine rings is 1. The Labute approximate surface area is 120 Å². The van der Waals surface area contributed by atoms with Crippen molar-refractivity contribution in [2.75, 3.05) is 13.2 Å². The van der Waals surface area contributed by atoms with Crippen LogP contribution < -0.4 is 0 Å². The zero-order valence-corrected chi connectivity index (χ0v) is 11.4. The summed E-state index contributed by atoms with van der Waals surface area (Å²) in [6.07, 6.45) is 2.59. The number of ether oxygens (including phenoxy) is 2. The van der Waals surface area contributed by atoms with E-state index in [0.717, 1.165) is 5.69 Å². The standard InChI is InChI=1S/C13H14N4O4/c1-13(20-5-6-21-13)12-4-2-3-10(15-12)8-16-9-11(7-14-16)17(18)19/h2-4,7,9H,5-6,8H2,1H3. The van der Waals surface area contributed by atoms with Crippen molar-refractivity contribution >= 4 is 5.69 Å². The van der Waals surface area contributed by atoms with E-state index < -0.39 is 10.7 Å². The van der Waals surface area contributed by atoms with Crippen molar-refractivity contribution in [1.82, 2.24) is 14.8 Å². The Bertz CT molecular complexity index is 664. The maximum atomic E-state index is 10.6. The number of nitro groups is 1. The van der Waals surface area contributed by atoms with Gasteiger partial charge in [0.25, 0.3) is 0 Å². The predicted molar refractivity (Wildman–Crippen MR) is 71.5 cm³/mol. The van der Waals surface area contributed by atoms with Crippen LogP contribution in [0.5, 0.6) is 0 Å². The van der Waals surface area contributed by atoms with Crippen LogP contribution in [0.3, 0.4) is 0 Å². The number of hydrogen-bond donors (Lipinski definition) is 0. The Morgan fingerprint density at radius 3 is 2.86 bits per heavy atom. The summed E-state index contributed by atoms with van der Waals surface area (Å²) in [6, 6.07) is 5.52. The molecule has 0 atom stereocenters. The zero-order chi connectivity index (χ0) is 14.9. The summed E-state index contributed by atoms with van der Waals surface area (Å²) in [5, 5.41) is 14.6. The van der Waals surface area contributed by atoms with Gasteiger partial charge in [-0.2, -0.15) is 5.10 Å². The van der Waals surface area contributed by atoms with Gasteiger partial charge in [-0.05, 0) is 19.1 Å². The van der Waals surface area contributed by atoms with Gasteiger partial charge in [0.2, 0.25) is 5.79 Å². The van der Waals surface area contributed by atoms with Crippen LogP contribution in [0.4, 0.5) is 5.69 Å². The first-order chi connectivity index (χ1) is 10.1. The number of aromatic nitrogens is 3. The lowest BCUT2D eigenvalue weighted by molar-refractivity contribution is -0.385. The second kappa shape index (κ2) is 5.23. The van der Waals surface area contributed by atoms with Crippen molar-refractivity contribution in [2.24, 2.45) is 0 Å². The molecule has 1 aliphatic rings. The fourth-order valence-corrected chi connectivity index (χ4v) is 2.18. The van der Waals surface area contributed by atoms with E-state index in [2.05, 4.69) is 10.1 Å². The summed E-state index contributed by atoms with van der Waals surface area (Å²) in [4.78, 5) is 14.7. The summed E-state index contributed by atoms with van der Waals surface area (Å²) in [5.41, 5.74) is 1.37. The van der Waals surface area contributed by atoms with E-state index in [0.29, 0.717) is 25.5 Å². The van der Waals surface area contributed by atoms with Crippen LogP contribution in [-0.2, 0) is 21.8 Å². The van der Waals surface area contributed by atoms with Gasteiger partial charge in [-0.15, -0.1) is 0 Å². The molecule has 0 radical (unpaired) electrons. The molecule has 3 rings (SSSR count). The highest BCUT2D eigenvalue weighted by atomic mass is 16.7. The van der Waals surface area contributed by atoms with E-state index >= 15 is 0 Å². The molecule has 110 valence electrons. The third-order valence-corrected chi connectivity index (χ3v) is 3.26. The average Bonchev–Trinajstić information content (AvgIpc) is 3.09. The second-order valence-corrected chi connectivity index (χ2v) is 4.81. The molecule has 2 aromatic rings. The van der Waals surface area contributed by atoms with Gasteiger partial charge in [-0.25, -0.2) is 0 Å². The summed E-state index contributed by atoms with van der Waals surface area (Å²) < 4.78 is 12.6. The van der Waals surface area contributed by atoms with E-state index in [1.165, 1.54) is 17.1 Å². The summed E-state index contributed by atoms with van der Waals surface area (Å²) in [7, 11) is 0. The molecule has 21 heavy (non-hydrogen) atoms. The Morgan fingerprint density at radius 1 is 1.43 bits per heavy atom. The largest absolute Gasteiger partial charge is 0.342 e. The van der Waals surface area contributed by atoms with Gasteiger partial charge >= 0.3 is 5.69 Å². The van der Waals surface area contributed by atoms with Crippen molar-refractivity contribution in [3.8, 4) is 0 Å². The molecular formula is C13H14N4O4. The third kappa shape index (κ3) is 2.76. The molecule has 0 amide bonds. The van der Waals surface area contributed by atoms with Crippen LogP contribution in [0, 0.1) is 10.1 Å². The molecule has 0 aromatic carbocycles. The van der Waals surface area contributed by atoms with Gasteiger partial charge in [0, 0.05) is 0 Å². The molecule has 0 unspecified atom stereocenters. The van der Waals surface area contributed by atoms with Crippen molar-refractivity contribution in [1.29, 1.82) is 0 Å². The Morgan fingerprint density at radius 2 is 2.19 bits per heavy atom. The minimum atomic E-state index is -0.827. The minimum absolute atomic E-state index is 0.0411. The summed E-state index contributed by atoms with van der Waals surface area (Å²) >= 11 is 0. The van der Waals surface area contributed by atoms with Crippen LogP contribution in [0.15, 0.2) is 30.6 Å². The highest BCUT2D eigenvalue weighted by Crippen LogP contribution is 2.29. The molecule has 0 bridgehead atoms. The van der Waals surface area contributed by atoms with Gasteiger partial charge in [0.1, 0.15) is 12.4 Å². The van der Waals surface area contributed by atoms with Crippen LogP contribution in [0.2, 0.25) is 0 Å². The maximum absolute atomic E-state index is 10.6. The lowest BCUT2D eigenvalue weighted by Crippen LogP contribution is -2.24. The molecule has 0 spiro atoms. The molecule has 2 aromatic heterocycles. The molecule has 1 aliphatic heterocycles. The SMILES string of the molecule is CC1(c2cccc(Cn3cc([N+](=O)[O-])cn3)n2)OCCO1. The fraction of sp³-hybridized carbons (Fsp3) is 0.385. The molecular weight excluding hydrogens is 276 g/mol. The van der Waals surface area contributed by atoms with Gasteiger partial charge < -0.3 is 9.47 Å². The van der Waals surface area contributed by atoms with Crippen LogP contribution in [-0.4, -0.2) is 32.9 Å². The smallest absolute Gasteiger partial charge is 0.307 e. The molecule has 0 aliphatic carbocycles. The Kier molecular flexibility index (Phi) is 3.40. The highest BCUT2D eigenvalue weighted by Gasteiger charge is 2.34. The first-order valence-corrected chi connectivity index (χ1v) is 6.48. The molecule has 8 nitrogen and oxygen atoms in total. The van der Waals surface area contributed by atoms with E-state index in [1.54, 1.807) is 0 Å². The Balaban J connectivity index is 1.81. The molecule has 3 heterocycles. The van der Waals surface area contributed by atoms with Gasteiger partial charge in [-0.1, -0.05) is 6.07 Å². The van der Waals surface area contributed by atoms with Crippen molar-refractivity contribution in [3.63, 3.8) is 0 Å². The zero-order valence-electron chi connectivity index (χ0n) is 11.4. The molecule has 1 fully saturated rings. The normalized spacial score (nSPS) is 17.0.